The SMILES string of the molecule is CCN(CC(=O)Nc1cc(Cl)ccc1C)C(=O)C1Cc2ccccc2O1. The Labute approximate surface area is 157 Å². The zero-order valence-corrected chi connectivity index (χ0v) is 15.5. The fourth-order valence-electron chi connectivity index (χ4n) is 2.96. The number of anilines is 1. The predicted octanol–water partition coefficient (Wildman–Crippen LogP) is 3.44. The molecule has 1 heterocycles. The number of hydrogen-bond acceptors (Lipinski definition) is 3. The Kier molecular flexibility index (Phi) is 5.47. The number of aryl methyl sites for hydroxylation is 1. The van der Waals surface area contributed by atoms with E-state index in [0.29, 0.717) is 23.7 Å². The lowest BCUT2D eigenvalue weighted by atomic mass is 10.1. The Bertz CT molecular complexity index is 813. The second-order valence-electron chi connectivity index (χ2n) is 6.28. The van der Waals surface area contributed by atoms with E-state index in [1.54, 1.807) is 12.1 Å². The average molecular weight is 373 g/mol. The molecule has 1 aliphatic rings. The number of ether oxygens (including phenoxy) is 1. The van der Waals surface area contributed by atoms with Crippen LogP contribution in [0, 0.1) is 6.92 Å². The molecule has 1 N–H and O–H groups in total. The summed E-state index contributed by atoms with van der Waals surface area (Å²) >= 11 is 5.98. The number of hydrogen-bond donors (Lipinski definition) is 1. The summed E-state index contributed by atoms with van der Waals surface area (Å²) in [7, 11) is 0. The molecule has 0 radical (unpaired) electrons. The van der Waals surface area contributed by atoms with Gasteiger partial charge in [-0.3, -0.25) is 9.59 Å². The second-order valence-corrected chi connectivity index (χ2v) is 6.71. The van der Waals surface area contributed by atoms with Gasteiger partial charge in [0, 0.05) is 23.7 Å². The number of nitrogens with zero attached hydrogens (tertiary/aromatic N) is 1. The Balaban J connectivity index is 1.63. The summed E-state index contributed by atoms with van der Waals surface area (Å²) in [6.45, 7) is 4.13. The van der Waals surface area contributed by atoms with Crippen LogP contribution in [-0.2, 0) is 16.0 Å². The van der Waals surface area contributed by atoms with Crippen LogP contribution in [0.15, 0.2) is 42.5 Å². The number of halogens is 1. The van der Waals surface area contributed by atoms with Crippen LogP contribution in [0.4, 0.5) is 5.69 Å². The quantitative estimate of drug-likeness (QED) is 0.874. The summed E-state index contributed by atoms with van der Waals surface area (Å²) < 4.78 is 5.75. The van der Waals surface area contributed by atoms with Gasteiger partial charge in [-0.05, 0) is 43.2 Å². The summed E-state index contributed by atoms with van der Waals surface area (Å²) in [6, 6.07) is 12.9. The molecule has 0 aromatic heterocycles. The molecule has 2 amide bonds. The fourth-order valence-corrected chi connectivity index (χ4v) is 3.13. The lowest BCUT2D eigenvalue weighted by Crippen LogP contribution is -2.45. The van der Waals surface area contributed by atoms with Gasteiger partial charge in [-0.1, -0.05) is 35.9 Å². The number of likely N-dealkylation sites (N-methyl/N-ethyl adjacent to an activating group) is 1. The lowest BCUT2D eigenvalue weighted by molar-refractivity contribution is -0.140. The van der Waals surface area contributed by atoms with Gasteiger partial charge in [0.25, 0.3) is 5.91 Å². The van der Waals surface area contributed by atoms with Crippen molar-refractivity contribution in [3.8, 4) is 5.75 Å². The van der Waals surface area contributed by atoms with Gasteiger partial charge in [-0.15, -0.1) is 0 Å². The predicted molar refractivity (Wildman–Crippen MR) is 102 cm³/mol. The minimum Gasteiger partial charge on any atom is -0.480 e. The Morgan fingerprint density at radius 3 is 2.77 bits per heavy atom. The van der Waals surface area contributed by atoms with Crippen molar-refractivity contribution >= 4 is 29.1 Å². The number of amides is 2. The first kappa shape index (κ1) is 18.3. The molecule has 0 bridgehead atoms. The molecular weight excluding hydrogens is 352 g/mol. The van der Waals surface area contributed by atoms with Crippen molar-refractivity contribution in [2.75, 3.05) is 18.4 Å². The summed E-state index contributed by atoms with van der Waals surface area (Å²) in [6.07, 6.45) is -0.0476. The smallest absolute Gasteiger partial charge is 0.264 e. The molecular formula is C20H21ClN2O3. The van der Waals surface area contributed by atoms with Gasteiger partial charge in [0.1, 0.15) is 5.75 Å². The molecule has 2 aromatic carbocycles. The fraction of sp³-hybridized carbons (Fsp3) is 0.300. The number of fused-ring (bicyclic) bond motifs is 1. The van der Waals surface area contributed by atoms with Crippen LogP contribution in [0.1, 0.15) is 18.1 Å². The largest absolute Gasteiger partial charge is 0.480 e. The number of carbonyl (C=O) groups excluding carboxylic acids is 2. The van der Waals surface area contributed by atoms with Crippen LogP contribution in [0.3, 0.4) is 0 Å². The zero-order valence-electron chi connectivity index (χ0n) is 14.8. The molecule has 0 spiro atoms. The first-order valence-electron chi connectivity index (χ1n) is 8.57. The normalized spacial score (nSPS) is 15.1. The molecule has 0 saturated carbocycles. The maximum atomic E-state index is 12.8. The van der Waals surface area contributed by atoms with Crippen molar-refractivity contribution in [2.45, 2.75) is 26.4 Å². The average Bonchev–Trinajstić information content (AvgIpc) is 3.06. The van der Waals surface area contributed by atoms with Crippen LogP contribution in [0.5, 0.6) is 5.75 Å². The van der Waals surface area contributed by atoms with Crippen LogP contribution >= 0.6 is 11.6 Å². The van der Waals surface area contributed by atoms with E-state index in [1.165, 1.54) is 4.90 Å². The van der Waals surface area contributed by atoms with Crippen molar-refractivity contribution in [3.05, 3.63) is 58.6 Å². The first-order valence-corrected chi connectivity index (χ1v) is 8.95. The van der Waals surface area contributed by atoms with Gasteiger partial charge in [-0.25, -0.2) is 0 Å². The summed E-state index contributed by atoms with van der Waals surface area (Å²) in [5, 5.41) is 3.37. The van der Waals surface area contributed by atoms with Crippen molar-refractivity contribution in [1.82, 2.24) is 4.90 Å². The van der Waals surface area contributed by atoms with Crippen LogP contribution < -0.4 is 10.1 Å². The van der Waals surface area contributed by atoms with E-state index in [9.17, 15) is 9.59 Å². The molecule has 0 aliphatic carbocycles. The van der Waals surface area contributed by atoms with E-state index in [-0.39, 0.29) is 18.4 Å². The molecule has 136 valence electrons. The Hall–Kier alpha value is -2.53. The van der Waals surface area contributed by atoms with Crippen LogP contribution in [0.2, 0.25) is 5.02 Å². The van der Waals surface area contributed by atoms with Crippen LogP contribution in [-0.4, -0.2) is 35.9 Å². The van der Waals surface area contributed by atoms with E-state index < -0.39 is 6.10 Å². The van der Waals surface area contributed by atoms with Crippen molar-refractivity contribution < 1.29 is 14.3 Å². The molecule has 26 heavy (non-hydrogen) atoms. The Morgan fingerprint density at radius 2 is 2.04 bits per heavy atom. The van der Waals surface area contributed by atoms with E-state index in [4.69, 9.17) is 16.3 Å². The highest BCUT2D eigenvalue weighted by molar-refractivity contribution is 6.31. The number of para-hydroxylation sites is 1. The maximum absolute atomic E-state index is 12.8. The molecule has 0 fully saturated rings. The summed E-state index contributed by atoms with van der Waals surface area (Å²) in [5.41, 5.74) is 2.57. The van der Waals surface area contributed by atoms with Gasteiger partial charge in [0.15, 0.2) is 6.10 Å². The molecule has 1 atom stereocenters. The highest BCUT2D eigenvalue weighted by Crippen LogP contribution is 2.29. The standard InChI is InChI=1S/C20H21ClN2O3/c1-3-23(12-19(24)22-16-11-15(21)9-8-13(16)2)20(25)18-10-14-6-4-5-7-17(14)26-18/h4-9,11,18H,3,10,12H2,1-2H3,(H,22,24). The molecule has 5 nitrogen and oxygen atoms in total. The van der Waals surface area contributed by atoms with E-state index in [0.717, 1.165) is 16.9 Å². The monoisotopic (exact) mass is 372 g/mol. The van der Waals surface area contributed by atoms with E-state index in [2.05, 4.69) is 5.32 Å². The summed E-state index contributed by atoms with van der Waals surface area (Å²) in [5.74, 6) is 0.295. The lowest BCUT2D eigenvalue weighted by Gasteiger charge is -2.23. The topological polar surface area (TPSA) is 58.6 Å². The Morgan fingerprint density at radius 1 is 1.27 bits per heavy atom. The molecule has 3 rings (SSSR count). The van der Waals surface area contributed by atoms with Crippen molar-refractivity contribution in [3.63, 3.8) is 0 Å². The van der Waals surface area contributed by atoms with Gasteiger partial charge in [-0.2, -0.15) is 0 Å². The summed E-state index contributed by atoms with van der Waals surface area (Å²) in [4.78, 5) is 26.7. The molecule has 6 heteroatoms. The number of rotatable bonds is 5. The van der Waals surface area contributed by atoms with Gasteiger partial charge < -0.3 is 15.0 Å². The molecule has 1 unspecified atom stereocenters. The highest BCUT2D eigenvalue weighted by Gasteiger charge is 2.32. The highest BCUT2D eigenvalue weighted by atomic mass is 35.5. The molecule has 0 saturated heterocycles. The minimum absolute atomic E-state index is 0.0303. The van der Waals surface area contributed by atoms with Crippen molar-refractivity contribution in [1.29, 1.82) is 0 Å². The molecule has 2 aromatic rings. The second kappa shape index (κ2) is 7.79. The molecule has 1 aliphatic heterocycles. The third kappa shape index (κ3) is 3.99. The minimum atomic E-state index is -0.576. The number of carbonyl (C=O) groups is 2. The first-order chi connectivity index (χ1) is 12.5. The number of nitrogens with one attached hydrogen (secondary N) is 1. The van der Waals surface area contributed by atoms with Crippen molar-refractivity contribution in [2.24, 2.45) is 0 Å². The van der Waals surface area contributed by atoms with Crippen LogP contribution in [0.25, 0.3) is 0 Å². The third-order valence-electron chi connectivity index (χ3n) is 4.42. The van der Waals surface area contributed by atoms with Gasteiger partial charge in [0.2, 0.25) is 5.91 Å². The number of benzene rings is 2. The van der Waals surface area contributed by atoms with Gasteiger partial charge >= 0.3 is 0 Å². The van der Waals surface area contributed by atoms with E-state index in [1.807, 2.05) is 44.2 Å². The van der Waals surface area contributed by atoms with Gasteiger partial charge in [0.05, 0.1) is 6.54 Å². The third-order valence-corrected chi connectivity index (χ3v) is 4.66. The zero-order chi connectivity index (χ0) is 18.7. The van der Waals surface area contributed by atoms with E-state index >= 15 is 0 Å². The maximum Gasteiger partial charge on any atom is 0.264 e.